The molecule has 83 valence electrons. The minimum atomic E-state index is -0.351. The van der Waals surface area contributed by atoms with Crippen molar-refractivity contribution >= 4 is 5.65 Å². The molecule has 17 heavy (non-hydrogen) atoms. The van der Waals surface area contributed by atoms with Gasteiger partial charge in [0.05, 0.1) is 11.9 Å². The summed E-state index contributed by atoms with van der Waals surface area (Å²) in [5.41, 5.74) is 1.84. The fraction of sp³-hybridized carbons (Fsp3) is 0. The van der Waals surface area contributed by atoms with Crippen molar-refractivity contribution in [1.29, 1.82) is 0 Å². The second-order valence-electron chi connectivity index (χ2n) is 3.65. The van der Waals surface area contributed by atoms with E-state index in [4.69, 9.17) is 0 Å². The number of fused-ring (bicyclic) bond motifs is 1. The Morgan fingerprint density at radius 2 is 2.18 bits per heavy atom. The number of aromatic hydroxyl groups is 1. The molecule has 0 aliphatic carbocycles. The Morgan fingerprint density at radius 1 is 1.29 bits per heavy atom. The SMILES string of the molecule is Oc1[c]cccc1-c1cnc2ccc(F)cn12. The zero-order valence-corrected chi connectivity index (χ0v) is 8.76. The molecule has 3 nitrogen and oxygen atoms in total. The normalized spacial score (nSPS) is 10.9. The van der Waals surface area contributed by atoms with Gasteiger partial charge in [-0.2, -0.15) is 0 Å². The Balaban J connectivity index is 2.31. The fourth-order valence-electron chi connectivity index (χ4n) is 1.79. The second-order valence-corrected chi connectivity index (χ2v) is 3.65. The highest BCUT2D eigenvalue weighted by atomic mass is 19.1. The first-order valence-electron chi connectivity index (χ1n) is 5.08. The molecule has 0 bridgehead atoms. The van der Waals surface area contributed by atoms with Gasteiger partial charge in [0, 0.05) is 17.8 Å². The van der Waals surface area contributed by atoms with Gasteiger partial charge in [-0.25, -0.2) is 9.37 Å². The Bertz CT molecular complexity index is 691. The summed E-state index contributed by atoms with van der Waals surface area (Å²) in [6.07, 6.45) is 2.93. The van der Waals surface area contributed by atoms with Crippen LogP contribution in [0.4, 0.5) is 4.39 Å². The summed E-state index contributed by atoms with van der Waals surface area (Å²) in [5.74, 6) is -0.324. The van der Waals surface area contributed by atoms with Gasteiger partial charge in [-0.3, -0.25) is 4.40 Å². The quantitative estimate of drug-likeness (QED) is 0.694. The monoisotopic (exact) mass is 227 g/mol. The summed E-state index contributed by atoms with van der Waals surface area (Å²) in [4.78, 5) is 4.15. The lowest BCUT2D eigenvalue weighted by atomic mass is 10.1. The van der Waals surface area contributed by atoms with Crippen molar-refractivity contribution in [2.45, 2.75) is 0 Å². The Labute approximate surface area is 96.8 Å². The summed E-state index contributed by atoms with van der Waals surface area (Å²) in [7, 11) is 0. The van der Waals surface area contributed by atoms with Gasteiger partial charge in [0.2, 0.25) is 0 Å². The number of phenolic OH excluding ortho intramolecular Hbond substituents is 1. The van der Waals surface area contributed by atoms with Gasteiger partial charge < -0.3 is 5.11 Å². The molecule has 3 aromatic rings. The topological polar surface area (TPSA) is 37.5 Å². The van der Waals surface area contributed by atoms with E-state index in [0.29, 0.717) is 16.9 Å². The second kappa shape index (κ2) is 3.59. The molecule has 0 saturated heterocycles. The molecule has 0 fully saturated rings. The molecule has 0 spiro atoms. The molecule has 2 aromatic heterocycles. The maximum Gasteiger partial charge on any atom is 0.139 e. The smallest absolute Gasteiger partial charge is 0.139 e. The van der Waals surface area contributed by atoms with Crippen molar-refractivity contribution in [3.8, 4) is 17.0 Å². The number of halogens is 1. The Hall–Kier alpha value is -2.36. The van der Waals surface area contributed by atoms with Gasteiger partial charge in [-0.1, -0.05) is 12.1 Å². The highest BCUT2D eigenvalue weighted by molar-refractivity contribution is 5.69. The predicted octanol–water partition coefficient (Wildman–Crippen LogP) is 2.65. The molecule has 1 radical (unpaired) electrons. The summed E-state index contributed by atoms with van der Waals surface area (Å²) in [6.45, 7) is 0. The predicted molar refractivity (Wildman–Crippen MR) is 61.1 cm³/mol. The van der Waals surface area contributed by atoms with Gasteiger partial charge in [0.15, 0.2) is 0 Å². The van der Waals surface area contributed by atoms with Gasteiger partial charge in [-0.05, 0) is 18.2 Å². The van der Waals surface area contributed by atoms with E-state index in [1.54, 1.807) is 34.9 Å². The van der Waals surface area contributed by atoms with E-state index in [1.165, 1.54) is 12.3 Å². The number of imidazole rings is 1. The van der Waals surface area contributed by atoms with E-state index in [2.05, 4.69) is 11.1 Å². The number of rotatable bonds is 1. The lowest BCUT2D eigenvalue weighted by Crippen LogP contribution is -1.90. The molecule has 0 amide bonds. The van der Waals surface area contributed by atoms with Crippen LogP contribution < -0.4 is 0 Å². The van der Waals surface area contributed by atoms with Crippen molar-refractivity contribution in [3.05, 3.63) is 54.6 Å². The van der Waals surface area contributed by atoms with E-state index in [-0.39, 0.29) is 11.6 Å². The van der Waals surface area contributed by atoms with Crippen LogP contribution in [0.2, 0.25) is 0 Å². The number of hydrogen-bond acceptors (Lipinski definition) is 2. The summed E-state index contributed by atoms with van der Waals surface area (Å²) < 4.78 is 14.8. The minimum Gasteiger partial charge on any atom is -0.507 e. The summed E-state index contributed by atoms with van der Waals surface area (Å²) in [5, 5.41) is 9.72. The molecule has 0 saturated carbocycles. The van der Waals surface area contributed by atoms with Crippen molar-refractivity contribution in [3.63, 3.8) is 0 Å². The number of phenols is 1. The molecule has 1 N–H and O–H groups in total. The zero-order chi connectivity index (χ0) is 11.8. The van der Waals surface area contributed by atoms with Crippen molar-refractivity contribution in [2.24, 2.45) is 0 Å². The lowest BCUT2D eigenvalue weighted by Gasteiger charge is -2.03. The molecular weight excluding hydrogens is 219 g/mol. The van der Waals surface area contributed by atoms with Gasteiger partial charge >= 0.3 is 0 Å². The number of benzene rings is 1. The molecular formula is C13H8FN2O. The van der Waals surface area contributed by atoms with E-state index >= 15 is 0 Å². The van der Waals surface area contributed by atoms with Gasteiger partial charge in [-0.15, -0.1) is 0 Å². The van der Waals surface area contributed by atoms with Crippen LogP contribution in [-0.2, 0) is 0 Å². The maximum atomic E-state index is 13.2. The molecule has 3 rings (SSSR count). The van der Waals surface area contributed by atoms with Crippen molar-refractivity contribution < 1.29 is 9.50 Å². The highest BCUT2D eigenvalue weighted by Crippen LogP contribution is 2.28. The van der Waals surface area contributed by atoms with Crippen LogP contribution in [0.5, 0.6) is 5.75 Å². The molecule has 0 unspecified atom stereocenters. The van der Waals surface area contributed by atoms with Crippen LogP contribution in [0.3, 0.4) is 0 Å². The average Bonchev–Trinajstić information content (AvgIpc) is 2.72. The standard InChI is InChI=1S/C13H8FN2O/c14-9-5-6-13-15-7-11(16(13)8-9)10-3-1-2-4-12(10)17/h1-3,5-8,17H. The highest BCUT2D eigenvalue weighted by Gasteiger charge is 2.09. The third-order valence-corrected chi connectivity index (χ3v) is 2.58. The molecule has 0 aliphatic heterocycles. The van der Waals surface area contributed by atoms with Gasteiger partial charge in [0.25, 0.3) is 0 Å². The number of aromatic nitrogens is 2. The Kier molecular flexibility index (Phi) is 2.08. The molecule has 0 aliphatic rings. The molecule has 0 atom stereocenters. The number of nitrogens with zero attached hydrogens (tertiary/aromatic N) is 2. The molecule has 1 aromatic carbocycles. The van der Waals surface area contributed by atoms with E-state index < -0.39 is 0 Å². The molecule has 4 heteroatoms. The van der Waals surface area contributed by atoms with Crippen molar-refractivity contribution in [1.82, 2.24) is 9.38 Å². The van der Waals surface area contributed by atoms with Gasteiger partial charge in [0.1, 0.15) is 17.2 Å². The number of para-hydroxylation sites is 1. The zero-order valence-electron chi connectivity index (χ0n) is 8.76. The van der Waals surface area contributed by atoms with Crippen LogP contribution in [0.25, 0.3) is 16.9 Å². The molecule has 2 heterocycles. The first-order chi connectivity index (χ1) is 8.25. The number of hydrogen-bond donors (Lipinski definition) is 1. The van der Waals surface area contributed by atoms with Crippen LogP contribution in [0.1, 0.15) is 0 Å². The van der Waals surface area contributed by atoms with E-state index in [9.17, 15) is 9.50 Å². The lowest BCUT2D eigenvalue weighted by molar-refractivity contribution is 0.476. The first-order valence-corrected chi connectivity index (χ1v) is 5.08. The number of pyridine rings is 1. The third-order valence-electron chi connectivity index (χ3n) is 2.58. The average molecular weight is 227 g/mol. The van der Waals surface area contributed by atoms with Crippen molar-refractivity contribution in [2.75, 3.05) is 0 Å². The minimum absolute atomic E-state index is 0.0264. The fourth-order valence-corrected chi connectivity index (χ4v) is 1.79. The van der Waals surface area contributed by atoms with Crippen LogP contribution in [0.15, 0.2) is 42.7 Å². The largest absolute Gasteiger partial charge is 0.507 e. The summed E-state index contributed by atoms with van der Waals surface area (Å²) in [6, 6.07) is 10.7. The summed E-state index contributed by atoms with van der Waals surface area (Å²) >= 11 is 0. The maximum absolute atomic E-state index is 13.2. The van der Waals surface area contributed by atoms with E-state index in [0.717, 1.165) is 0 Å². The van der Waals surface area contributed by atoms with Crippen LogP contribution >= 0.6 is 0 Å². The Morgan fingerprint density at radius 3 is 3.00 bits per heavy atom. The van der Waals surface area contributed by atoms with Crippen LogP contribution in [-0.4, -0.2) is 14.5 Å². The van der Waals surface area contributed by atoms with Crippen LogP contribution in [0, 0.1) is 11.9 Å². The van der Waals surface area contributed by atoms with E-state index in [1.807, 2.05) is 0 Å². The first kappa shape index (κ1) is 9.84. The third kappa shape index (κ3) is 1.54.